The van der Waals surface area contributed by atoms with Gasteiger partial charge in [-0.1, -0.05) is 54.6 Å². The number of aromatic nitrogens is 2. The van der Waals surface area contributed by atoms with Crippen LogP contribution in [0.15, 0.2) is 97.3 Å². The third kappa shape index (κ3) is 3.33. The summed E-state index contributed by atoms with van der Waals surface area (Å²) in [5, 5.41) is 14.9. The van der Waals surface area contributed by atoms with E-state index in [9.17, 15) is 19.5 Å². The molecule has 4 fully saturated rings. The Kier molecular flexibility index (Phi) is 5.31. The zero-order valence-electron chi connectivity index (χ0n) is 21.8. The minimum Gasteiger partial charge on any atom is -0.479 e. The van der Waals surface area contributed by atoms with Crippen LogP contribution in [-0.4, -0.2) is 66.8 Å². The summed E-state index contributed by atoms with van der Waals surface area (Å²) in [6.07, 6.45) is 4.12. The van der Waals surface area contributed by atoms with Crippen LogP contribution < -0.4 is 4.90 Å². The number of amides is 3. The quantitative estimate of drug-likeness (QED) is 0.410. The number of aryl methyl sites for hydroxylation is 1. The van der Waals surface area contributed by atoms with E-state index in [-0.39, 0.29) is 24.4 Å². The zero-order chi connectivity index (χ0) is 27.6. The second kappa shape index (κ2) is 8.81. The van der Waals surface area contributed by atoms with Gasteiger partial charge in [-0.25, -0.2) is 9.59 Å². The number of hydrogen-bond acceptors (Lipinski definition) is 4. The smallest absolute Gasteiger partial charge is 0.332 e. The molecule has 4 bridgehead atoms. The van der Waals surface area contributed by atoms with Gasteiger partial charge in [0.25, 0.3) is 5.91 Å². The first-order chi connectivity index (χ1) is 19.4. The number of fused-ring (bicyclic) bond motifs is 1. The topological polar surface area (TPSA) is 99.0 Å². The van der Waals surface area contributed by atoms with Crippen molar-refractivity contribution in [3.63, 3.8) is 0 Å². The number of piperazine rings is 1. The number of para-hydroxylation sites is 2. The molecule has 0 spiro atoms. The zero-order valence-corrected chi connectivity index (χ0v) is 21.8. The van der Waals surface area contributed by atoms with Crippen LogP contribution in [0.4, 0.5) is 16.2 Å². The molecule has 1 saturated carbocycles. The van der Waals surface area contributed by atoms with Gasteiger partial charge in [0.2, 0.25) is 0 Å². The number of carboxylic acids is 1. The van der Waals surface area contributed by atoms with Crippen molar-refractivity contribution in [2.24, 2.45) is 13.0 Å². The van der Waals surface area contributed by atoms with E-state index in [0.29, 0.717) is 23.4 Å². The average molecular weight is 534 g/mol. The van der Waals surface area contributed by atoms with Crippen LogP contribution in [-0.2, 0) is 11.8 Å². The van der Waals surface area contributed by atoms with Gasteiger partial charge in [-0.3, -0.25) is 14.4 Å². The van der Waals surface area contributed by atoms with E-state index in [1.54, 1.807) is 26.7 Å². The monoisotopic (exact) mass is 533 g/mol. The Bertz CT molecular complexity index is 1600. The highest BCUT2D eigenvalue weighted by Gasteiger charge is 2.84. The van der Waals surface area contributed by atoms with Crippen LogP contribution >= 0.6 is 0 Å². The van der Waals surface area contributed by atoms with E-state index >= 15 is 0 Å². The molecule has 4 heterocycles. The van der Waals surface area contributed by atoms with Gasteiger partial charge in [-0.2, -0.15) is 5.10 Å². The highest BCUT2D eigenvalue weighted by atomic mass is 16.4. The van der Waals surface area contributed by atoms with Crippen molar-refractivity contribution in [3.8, 4) is 11.1 Å². The Morgan fingerprint density at radius 3 is 2.15 bits per heavy atom. The van der Waals surface area contributed by atoms with Crippen molar-refractivity contribution in [3.05, 3.63) is 103 Å². The SMILES string of the molecule is Cn1cc(-c2ccccc2C(=O)N2[C@H]3CC4[C@@H]2[C@]4(C(=O)O)N(C(=O)N(c2ccccc2)c2ccccc2)C3)cn1. The van der Waals surface area contributed by atoms with Crippen LogP contribution in [0.2, 0.25) is 0 Å². The van der Waals surface area contributed by atoms with Crippen LogP contribution in [0.25, 0.3) is 11.1 Å². The van der Waals surface area contributed by atoms with Crippen LogP contribution in [0.3, 0.4) is 0 Å². The van der Waals surface area contributed by atoms with E-state index < -0.39 is 23.6 Å². The molecule has 9 nitrogen and oxygen atoms in total. The number of hydrogen-bond donors (Lipinski definition) is 1. The van der Waals surface area contributed by atoms with E-state index in [4.69, 9.17) is 0 Å². The van der Waals surface area contributed by atoms with E-state index in [1.165, 1.54) is 4.90 Å². The van der Waals surface area contributed by atoms with Crippen molar-refractivity contribution < 1.29 is 19.5 Å². The number of carbonyl (C=O) groups is 3. The number of carbonyl (C=O) groups excluding carboxylic acids is 2. The highest BCUT2D eigenvalue weighted by molar-refractivity contribution is 6.06. The Hall–Kier alpha value is -4.92. The maximum Gasteiger partial charge on any atom is 0.332 e. The predicted molar refractivity (Wildman–Crippen MR) is 148 cm³/mol. The Morgan fingerprint density at radius 1 is 0.925 bits per heavy atom. The molecule has 3 aliphatic heterocycles. The Morgan fingerprint density at radius 2 is 1.55 bits per heavy atom. The normalized spacial score (nSPS) is 24.1. The minimum absolute atomic E-state index is 0.148. The maximum absolute atomic E-state index is 14.3. The lowest BCUT2D eigenvalue weighted by Gasteiger charge is -2.46. The first kappa shape index (κ1) is 24.1. The van der Waals surface area contributed by atoms with Gasteiger partial charge in [0.15, 0.2) is 5.54 Å². The molecule has 3 saturated heterocycles. The summed E-state index contributed by atoms with van der Waals surface area (Å²) in [5.74, 6) is -1.61. The lowest BCUT2D eigenvalue weighted by molar-refractivity contribution is -0.148. The molecule has 4 atom stereocenters. The van der Waals surface area contributed by atoms with Gasteiger partial charge in [0, 0.05) is 36.8 Å². The first-order valence-corrected chi connectivity index (χ1v) is 13.3. The average Bonchev–Trinajstić information content (AvgIpc) is 3.26. The highest BCUT2D eigenvalue weighted by Crippen LogP contribution is 2.64. The van der Waals surface area contributed by atoms with Gasteiger partial charge in [-0.05, 0) is 42.3 Å². The number of carboxylic acid groups (broad SMARTS) is 1. The standard InChI is InChI=1S/C31H27N5O4/c1-33-18-20(17-32-33)24-14-8-9-15-25(24)28(37)36-23-16-26-27(36)31(26,29(38)39)34(19-23)30(40)35(21-10-4-2-5-11-21)22-12-6-3-7-13-22/h2-15,17-18,23,26-27H,16,19H2,1H3,(H,38,39)/t23-,26?,27+,31+/m0/s1. The third-order valence-electron chi connectivity index (χ3n) is 8.55. The van der Waals surface area contributed by atoms with Crippen LogP contribution in [0.1, 0.15) is 16.8 Å². The molecule has 8 rings (SSSR count). The summed E-state index contributed by atoms with van der Waals surface area (Å²) in [7, 11) is 1.82. The molecule has 9 heteroatoms. The molecule has 1 aliphatic carbocycles. The molecule has 1 unspecified atom stereocenters. The van der Waals surface area contributed by atoms with Crippen molar-refractivity contribution in [1.29, 1.82) is 0 Å². The number of aliphatic carboxylic acids is 1. The fourth-order valence-corrected chi connectivity index (χ4v) is 6.85. The van der Waals surface area contributed by atoms with Gasteiger partial charge in [-0.15, -0.1) is 0 Å². The number of anilines is 2. The summed E-state index contributed by atoms with van der Waals surface area (Å²) in [6.45, 7) is 0.148. The molecule has 3 aromatic carbocycles. The lowest BCUT2D eigenvalue weighted by atomic mass is 9.94. The molecule has 40 heavy (non-hydrogen) atoms. The Balaban J connectivity index is 1.25. The first-order valence-electron chi connectivity index (χ1n) is 13.3. The number of urea groups is 1. The van der Waals surface area contributed by atoms with Crippen molar-refractivity contribution in [2.75, 3.05) is 11.4 Å². The molecule has 4 aromatic rings. The molecule has 200 valence electrons. The largest absolute Gasteiger partial charge is 0.479 e. The summed E-state index contributed by atoms with van der Waals surface area (Å²) in [5.41, 5.74) is 1.89. The molecule has 1 N–H and O–H groups in total. The maximum atomic E-state index is 14.3. The van der Waals surface area contributed by atoms with Crippen molar-refractivity contribution >= 4 is 29.3 Å². The van der Waals surface area contributed by atoms with Crippen LogP contribution in [0, 0.1) is 5.92 Å². The number of piperidine rings is 2. The minimum atomic E-state index is -1.47. The fourth-order valence-electron chi connectivity index (χ4n) is 6.85. The second-order valence-electron chi connectivity index (χ2n) is 10.6. The molecular weight excluding hydrogens is 506 g/mol. The number of benzene rings is 3. The van der Waals surface area contributed by atoms with E-state index in [2.05, 4.69) is 5.10 Å². The number of rotatable bonds is 5. The molecule has 0 radical (unpaired) electrons. The lowest BCUT2D eigenvalue weighted by Crippen LogP contribution is -2.66. The Labute approximate surface area is 230 Å². The second-order valence-corrected chi connectivity index (χ2v) is 10.6. The number of nitrogens with zero attached hydrogens (tertiary/aromatic N) is 5. The van der Waals surface area contributed by atoms with Gasteiger partial charge >= 0.3 is 12.0 Å². The summed E-state index contributed by atoms with van der Waals surface area (Å²) in [4.78, 5) is 46.1. The summed E-state index contributed by atoms with van der Waals surface area (Å²) < 4.78 is 1.68. The van der Waals surface area contributed by atoms with E-state index in [0.717, 1.165) is 11.1 Å². The van der Waals surface area contributed by atoms with Crippen molar-refractivity contribution in [2.45, 2.75) is 24.0 Å². The predicted octanol–water partition coefficient (Wildman–Crippen LogP) is 4.40. The van der Waals surface area contributed by atoms with Gasteiger partial charge in [0.05, 0.1) is 29.7 Å². The fraction of sp³-hybridized carbons (Fsp3) is 0.226. The summed E-state index contributed by atoms with van der Waals surface area (Å²) in [6, 6.07) is 24.5. The summed E-state index contributed by atoms with van der Waals surface area (Å²) >= 11 is 0. The van der Waals surface area contributed by atoms with E-state index in [1.807, 2.05) is 92.1 Å². The molecular formula is C31H27N5O4. The van der Waals surface area contributed by atoms with Crippen LogP contribution in [0.5, 0.6) is 0 Å². The van der Waals surface area contributed by atoms with Crippen molar-refractivity contribution in [1.82, 2.24) is 19.6 Å². The molecule has 4 aliphatic rings. The molecule has 3 amide bonds. The third-order valence-corrected chi connectivity index (χ3v) is 8.55. The van der Waals surface area contributed by atoms with Gasteiger partial charge in [0.1, 0.15) is 0 Å². The van der Waals surface area contributed by atoms with Gasteiger partial charge < -0.3 is 14.9 Å². The molecule has 1 aromatic heterocycles.